The average Bonchev–Trinajstić information content (AvgIpc) is 3.13. The van der Waals surface area contributed by atoms with Gasteiger partial charge in [0.2, 0.25) is 0 Å². The highest BCUT2D eigenvalue weighted by Gasteiger charge is 2.52. The monoisotopic (exact) mass is 317 g/mol. The van der Waals surface area contributed by atoms with Gasteiger partial charge in [-0.25, -0.2) is 0 Å². The van der Waals surface area contributed by atoms with E-state index in [0.717, 1.165) is 25.4 Å². The number of carbonyl (C=O) groups excluding carboxylic acids is 2. The van der Waals surface area contributed by atoms with Crippen LogP contribution in [0.4, 0.5) is 5.69 Å². The summed E-state index contributed by atoms with van der Waals surface area (Å²) in [6, 6.07) is 7.61. The van der Waals surface area contributed by atoms with Crippen LogP contribution in [0.5, 0.6) is 0 Å². The third-order valence-electron chi connectivity index (χ3n) is 4.86. The Bertz CT molecular complexity index is 627. The number of nitrogens with one attached hydrogen (secondary N) is 1. The van der Waals surface area contributed by atoms with Crippen LogP contribution in [0.2, 0.25) is 0 Å². The Hall–Kier alpha value is -1.92. The molecule has 2 atom stereocenters. The zero-order valence-electron chi connectivity index (χ0n) is 13.6. The van der Waals surface area contributed by atoms with E-state index in [1.54, 1.807) is 7.05 Å². The van der Waals surface area contributed by atoms with E-state index in [9.17, 15) is 14.7 Å². The minimum absolute atomic E-state index is 0.187. The Morgan fingerprint density at radius 2 is 2.17 bits per heavy atom. The third kappa shape index (κ3) is 2.72. The average molecular weight is 317 g/mol. The lowest BCUT2D eigenvalue weighted by Gasteiger charge is -2.30. The van der Waals surface area contributed by atoms with Gasteiger partial charge >= 0.3 is 0 Å². The fourth-order valence-electron chi connectivity index (χ4n) is 3.62. The molecular weight excluding hydrogens is 294 g/mol. The first-order chi connectivity index (χ1) is 10.9. The van der Waals surface area contributed by atoms with Crippen LogP contribution in [0.1, 0.15) is 24.8 Å². The molecular formula is C17H23N3O3. The van der Waals surface area contributed by atoms with E-state index in [1.807, 2.05) is 24.3 Å². The van der Waals surface area contributed by atoms with Crippen molar-refractivity contribution in [1.82, 2.24) is 10.2 Å². The topological polar surface area (TPSA) is 72.9 Å². The summed E-state index contributed by atoms with van der Waals surface area (Å²) in [5.41, 5.74) is 0.0665. The van der Waals surface area contributed by atoms with Gasteiger partial charge in [-0.3, -0.25) is 14.9 Å². The number of anilines is 1. The maximum absolute atomic E-state index is 12.4. The van der Waals surface area contributed by atoms with Crippen LogP contribution < -0.4 is 10.2 Å². The Kier molecular flexibility index (Phi) is 4.12. The SMILES string of the molecule is CC(=O)C(c1cccc(N2CCNC2)c1)C1(O)CCN(C)C1=O. The second-order valence-electron chi connectivity index (χ2n) is 6.46. The first-order valence-electron chi connectivity index (χ1n) is 7.97. The van der Waals surface area contributed by atoms with Crippen LogP contribution in [0.25, 0.3) is 0 Å². The van der Waals surface area contributed by atoms with Gasteiger partial charge in [-0.1, -0.05) is 12.1 Å². The second kappa shape index (κ2) is 5.94. The highest BCUT2D eigenvalue weighted by Crippen LogP contribution is 2.38. The number of hydrogen-bond donors (Lipinski definition) is 2. The maximum Gasteiger partial charge on any atom is 0.255 e. The zero-order valence-corrected chi connectivity index (χ0v) is 13.6. The number of amides is 1. The van der Waals surface area contributed by atoms with Gasteiger partial charge in [0.15, 0.2) is 5.60 Å². The summed E-state index contributed by atoms with van der Waals surface area (Å²) in [4.78, 5) is 28.3. The Morgan fingerprint density at radius 3 is 2.74 bits per heavy atom. The summed E-state index contributed by atoms with van der Waals surface area (Å²) in [6.45, 7) is 4.50. The molecule has 2 unspecified atom stereocenters. The van der Waals surface area contributed by atoms with Crippen molar-refractivity contribution >= 4 is 17.4 Å². The number of ketones is 1. The molecule has 2 saturated heterocycles. The fraction of sp³-hybridized carbons (Fsp3) is 0.529. The van der Waals surface area contributed by atoms with Crippen LogP contribution in [-0.4, -0.2) is 60.6 Å². The summed E-state index contributed by atoms with van der Waals surface area (Å²) in [6.07, 6.45) is 0.280. The second-order valence-corrected chi connectivity index (χ2v) is 6.46. The highest BCUT2D eigenvalue weighted by molar-refractivity contribution is 5.97. The number of carbonyl (C=O) groups is 2. The van der Waals surface area contributed by atoms with E-state index in [4.69, 9.17) is 0 Å². The Balaban J connectivity index is 1.97. The zero-order chi connectivity index (χ0) is 16.6. The van der Waals surface area contributed by atoms with Gasteiger partial charge in [-0.05, 0) is 24.6 Å². The van der Waals surface area contributed by atoms with Crippen molar-refractivity contribution in [3.8, 4) is 0 Å². The maximum atomic E-state index is 12.4. The molecule has 23 heavy (non-hydrogen) atoms. The molecule has 2 aliphatic heterocycles. The summed E-state index contributed by atoms with van der Waals surface area (Å²) in [5, 5.41) is 14.2. The predicted octanol–water partition coefficient (Wildman–Crippen LogP) is 0.319. The predicted molar refractivity (Wildman–Crippen MR) is 87.3 cm³/mol. The lowest BCUT2D eigenvalue weighted by Crippen LogP contribution is -2.46. The molecule has 2 heterocycles. The molecule has 0 bridgehead atoms. The quantitative estimate of drug-likeness (QED) is 0.837. The van der Waals surface area contributed by atoms with E-state index < -0.39 is 11.5 Å². The van der Waals surface area contributed by atoms with Gasteiger partial charge in [0, 0.05) is 38.8 Å². The molecule has 124 valence electrons. The lowest BCUT2D eigenvalue weighted by atomic mass is 9.78. The van der Waals surface area contributed by atoms with Gasteiger partial charge in [-0.15, -0.1) is 0 Å². The number of benzene rings is 1. The molecule has 1 aromatic carbocycles. The number of rotatable bonds is 4. The Morgan fingerprint density at radius 1 is 1.39 bits per heavy atom. The molecule has 0 aromatic heterocycles. The standard InChI is InChI=1S/C17H23N3O3/c1-12(21)15(17(23)6-8-19(2)16(17)22)13-4-3-5-14(10-13)20-9-7-18-11-20/h3-5,10,15,18,23H,6-9,11H2,1-2H3. The molecule has 1 amide bonds. The van der Waals surface area contributed by atoms with Crippen LogP contribution >= 0.6 is 0 Å². The first kappa shape index (κ1) is 16.0. The van der Waals surface area contributed by atoms with Crippen molar-refractivity contribution in [3.63, 3.8) is 0 Å². The van der Waals surface area contributed by atoms with E-state index in [-0.39, 0.29) is 18.1 Å². The summed E-state index contributed by atoms with van der Waals surface area (Å²) >= 11 is 0. The number of Topliss-reactive ketones (excluding diaryl/α,β-unsaturated/α-hetero) is 1. The van der Waals surface area contributed by atoms with Crippen LogP contribution in [0.3, 0.4) is 0 Å². The fourth-order valence-corrected chi connectivity index (χ4v) is 3.62. The molecule has 3 rings (SSSR count). The van der Waals surface area contributed by atoms with E-state index in [1.165, 1.54) is 11.8 Å². The minimum atomic E-state index is -1.64. The Labute approximate surface area is 136 Å². The van der Waals surface area contributed by atoms with Crippen LogP contribution in [-0.2, 0) is 9.59 Å². The largest absolute Gasteiger partial charge is 0.379 e. The van der Waals surface area contributed by atoms with Crippen molar-refractivity contribution in [2.75, 3.05) is 38.3 Å². The van der Waals surface area contributed by atoms with E-state index in [0.29, 0.717) is 12.1 Å². The van der Waals surface area contributed by atoms with E-state index in [2.05, 4.69) is 10.2 Å². The van der Waals surface area contributed by atoms with Crippen LogP contribution in [0.15, 0.2) is 24.3 Å². The van der Waals surface area contributed by atoms with Gasteiger partial charge in [0.1, 0.15) is 5.78 Å². The van der Waals surface area contributed by atoms with Crippen molar-refractivity contribution in [3.05, 3.63) is 29.8 Å². The molecule has 2 aliphatic rings. The molecule has 0 aliphatic carbocycles. The molecule has 6 nitrogen and oxygen atoms in total. The number of likely N-dealkylation sites (N-methyl/N-ethyl adjacent to an activating group) is 1. The van der Waals surface area contributed by atoms with Crippen molar-refractivity contribution in [2.24, 2.45) is 0 Å². The summed E-state index contributed by atoms with van der Waals surface area (Å²) in [5.74, 6) is -1.38. The number of hydrogen-bond acceptors (Lipinski definition) is 5. The smallest absolute Gasteiger partial charge is 0.255 e. The van der Waals surface area contributed by atoms with Gasteiger partial charge in [0.05, 0.1) is 12.6 Å². The normalized spacial score (nSPS) is 26.0. The minimum Gasteiger partial charge on any atom is -0.379 e. The molecule has 0 saturated carbocycles. The van der Waals surface area contributed by atoms with Gasteiger partial charge in [-0.2, -0.15) is 0 Å². The van der Waals surface area contributed by atoms with Crippen LogP contribution in [0, 0.1) is 0 Å². The number of nitrogens with zero attached hydrogens (tertiary/aromatic N) is 2. The van der Waals surface area contributed by atoms with E-state index >= 15 is 0 Å². The summed E-state index contributed by atoms with van der Waals surface area (Å²) in [7, 11) is 1.66. The lowest BCUT2D eigenvalue weighted by molar-refractivity contribution is -0.148. The summed E-state index contributed by atoms with van der Waals surface area (Å²) < 4.78 is 0. The molecule has 0 radical (unpaired) electrons. The molecule has 0 spiro atoms. The first-order valence-corrected chi connectivity index (χ1v) is 7.97. The molecule has 6 heteroatoms. The number of likely N-dealkylation sites (tertiary alicyclic amines) is 1. The molecule has 2 fully saturated rings. The van der Waals surface area contributed by atoms with Gasteiger partial charge in [0.25, 0.3) is 5.91 Å². The van der Waals surface area contributed by atoms with Crippen molar-refractivity contribution in [1.29, 1.82) is 0 Å². The molecule has 1 aromatic rings. The van der Waals surface area contributed by atoms with Crippen molar-refractivity contribution < 1.29 is 14.7 Å². The molecule has 2 N–H and O–H groups in total. The highest BCUT2D eigenvalue weighted by atomic mass is 16.3. The third-order valence-corrected chi connectivity index (χ3v) is 4.86. The number of aliphatic hydroxyl groups is 1. The van der Waals surface area contributed by atoms with Gasteiger partial charge < -0.3 is 14.9 Å². The van der Waals surface area contributed by atoms with Crippen molar-refractivity contribution in [2.45, 2.75) is 24.9 Å².